The third-order valence-electron chi connectivity index (χ3n) is 3.21. The lowest BCUT2D eigenvalue weighted by molar-refractivity contribution is -0.383. The maximum Gasteiger partial charge on any atom is 0.351 e. The summed E-state index contributed by atoms with van der Waals surface area (Å²) in [6.07, 6.45) is -1.28. The SMILES string of the molecule is COC(=O)[C@H](OC(=O)c1ccc(N)c([N+](=O)[O-])c1)c1ccccc1. The van der Waals surface area contributed by atoms with Crippen molar-refractivity contribution in [3.05, 3.63) is 69.8 Å². The van der Waals surface area contributed by atoms with Gasteiger partial charge < -0.3 is 15.2 Å². The zero-order valence-electron chi connectivity index (χ0n) is 12.7. The van der Waals surface area contributed by atoms with Gasteiger partial charge in [0.15, 0.2) is 0 Å². The molecule has 0 fully saturated rings. The van der Waals surface area contributed by atoms with E-state index in [0.29, 0.717) is 5.56 Å². The van der Waals surface area contributed by atoms with Crippen molar-refractivity contribution in [2.45, 2.75) is 6.10 Å². The number of nitro groups is 1. The molecule has 8 heteroatoms. The highest BCUT2D eigenvalue weighted by molar-refractivity contribution is 5.93. The summed E-state index contributed by atoms with van der Waals surface area (Å²) in [5.74, 6) is -1.67. The number of carbonyl (C=O) groups is 2. The van der Waals surface area contributed by atoms with E-state index in [9.17, 15) is 19.7 Å². The van der Waals surface area contributed by atoms with Crippen molar-refractivity contribution in [2.24, 2.45) is 0 Å². The van der Waals surface area contributed by atoms with E-state index in [4.69, 9.17) is 10.5 Å². The smallest absolute Gasteiger partial charge is 0.351 e. The minimum Gasteiger partial charge on any atom is -0.466 e. The van der Waals surface area contributed by atoms with Crippen LogP contribution in [-0.2, 0) is 14.3 Å². The molecule has 8 nitrogen and oxygen atoms in total. The maximum atomic E-state index is 12.2. The Morgan fingerprint density at radius 1 is 1.17 bits per heavy atom. The number of nitrogen functional groups attached to an aromatic ring is 1. The summed E-state index contributed by atoms with van der Waals surface area (Å²) in [4.78, 5) is 34.3. The normalized spacial score (nSPS) is 11.4. The van der Waals surface area contributed by atoms with Crippen LogP contribution >= 0.6 is 0 Å². The van der Waals surface area contributed by atoms with E-state index in [1.807, 2.05) is 0 Å². The molecule has 0 amide bonds. The lowest BCUT2D eigenvalue weighted by Crippen LogP contribution is -2.21. The number of rotatable bonds is 5. The molecule has 2 aromatic rings. The summed E-state index contributed by atoms with van der Waals surface area (Å²) in [6.45, 7) is 0. The number of anilines is 1. The molecule has 124 valence electrons. The van der Waals surface area contributed by atoms with E-state index < -0.39 is 28.7 Å². The molecule has 0 aromatic heterocycles. The molecule has 2 N–H and O–H groups in total. The largest absolute Gasteiger partial charge is 0.466 e. The molecule has 0 spiro atoms. The number of nitrogens with zero attached hydrogens (tertiary/aromatic N) is 1. The molecule has 0 aliphatic rings. The summed E-state index contributed by atoms with van der Waals surface area (Å²) in [5.41, 5.74) is 5.31. The number of carbonyl (C=O) groups excluding carboxylic acids is 2. The molecular formula is C16H14N2O6. The van der Waals surface area contributed by atoms with Crippen LogP contribution in [0.15, 0.2) is 48.5 Å². The van der Waals surface area contributed by atoms with Crippen molar-refractivity contribution < 1.29 is 24.0 Å². The summed E-state index contributed by atoms with van der Waals surface area (Å²) in [6, 6.07) is 11.8. The van der Waals surface area contributed by atoms with Crippen LogP contribution in [0.4, 0.5) is 11.4 Å². The Hall–Kier alpha value is -3.42. The molecule has 0 unspecified atom stereocenters. The van der Waals surface area contributed by atoms with E-state index in [-0.39, 0.29) is 11.3 Å². The Labute approximate surface area is 136 Å². The predicted octanol–water partition coefficient (Wildman–Crippen LogP) is 2.25. The van der Waals surface area contributed by atoms with Gasteiger partial charge in [0.1, 0.15) is 5.69 Å². The summed E-state index contributed by atoms with van der Waals surface area (Å²) >= 11 is 0. The van der Waals surface area contributed by atoms with Crippen LogP contribution in [-0.4, -0.2) is 24.0 Å². The minimum absolute atomic E-state index is 0.0795. The fourth-order valence-corrected chi connectivity index (χ4v) is 1.99. The van der Waals surface area contributed by atoms with Crippen LogP contribution in [0.25, 0.3) is 0 Å². The second-order valence-electron chi connectivity index (χ2n) is 4.75. The van der Waals surface area contributed by atoms with Gasteiger partial charge in [-0.15, -0.1) is 0 Å². The number of nitro benzene ring substituents is 1. The minimum atomic E-state index is -1.28. The molecule has 0 aliphatic heterocycles. The predicted molar refractivity (Wildman–Crippen MR) is 84.1 cm³/mol. The third kappa shape index (κ3) is 3.67. The van der Waals surface area contributed by atoms with Gasteiger partial charge in [-0.3, -0.25) is 10.1 Å². The summed E-state index contributed by atoms with van der Waals surface area (Å²) in [7, 11) is 1.17. The molecule has 0 bridgehead atoms. The fraction of sp³-hybridized carbons (Fsp3) is 0.125. The Kier molecular flexibility index (Phi) is 5.10. The molecule has 1 atom stereocenters. The van der Waals surface area contributed by atoms with E-state index in [1.54, 1.807) is 30.3 Å². The topological polar surface area (TPSA) is 122 Å². The number of ether oxygens (including phenoxy) is 2. The molecule has 2 rings (SSSR count). The molecule has 0 heterocycles. The Morgan fingerprint density at radius 3 is 2.42 bits per heavy atom. The average molecular weight is 330 g/mol. The quantitative estimate of drug-likeness (QED) is 0.386. The Morgan fingerprint density at radius 2 is 1.83 bits per heavy atom. The lowest BCUT2D eigenvalue weighted by Gasteiger charge is -2.16. The zero-order valence-corrected chi connectivity index (χ0v) is 12.7. The molecule has 0 saturated carbocycles. The van der Waals surface area contributed by atoms with Gasteiger partial charge >= 0.3 is 11.9 Å². The maximum absolute atomic E-state index is 12.2. The van der Waals surface area contributed by atoms with Crippen molar-refractivity contribution in [3.63, 3.8) is 0 Å². The van der Waals surface area contributed by atoms with Gasteiger partial charge in [-0.1, -0.05) is 30.3 Å². The van der Waals surface area contributed by atoms with E-state index in [1.165, 1.54) is 19.2 Å². The van der Waals surface area contributed by atoms with E-state index >= 15 is 0 Å². The molecular weight excluding hydrogens is 316 g/mol. The van der Waals surface area contributed by atoms with Crippen molar-refractivity contribution in [2.75, 3.05) is 12.8 Å². The van der Waals surface area contributed by atoms with Gasteiger partial charge in [-0.2, -0.15) is 0 Å². The van der Waals surface area contributed by atoms with Gasteiger partial charge in [-0.25, -0.2) is 9.59 Å². The first kappa shape index (κ1) is 16.9. The van der Waals surface area contributed by atoms with Crippen LogP contribution in [0, 0.1) is 10.1 Å². The Balaban J connectivity index is 2.30. The second-order valence-corrected chi connectivity index (χ2v) is 4.75. The molecule has 2 aromatic carbocycles. The van der Waals surface area contributed by atoms with Crippen LogP contribution in [0.3, 0.4) is 0 Å². The standard InChI is InChI=1S/C16H14N2O6/c1-23-16(20)14(10-5-3-2-4-6-10)24-15(19)11-7-8-12(17)13(9-11)18(21)22/h2-9,14H,17H2,1H3/t14-/m1/s1. The third-order valence-corrected chi connectivity index (χ3v) is 3.21. The first-order valence-electron chi connectivity index (χ1n) is 6.81. The van der Waals surface area contributed by atoms with Crippen molar-refractivity contribution in [1.82, 2.24) is 0 Å². The highest BCUT2D eigenvalue weighted by atomic mass is 16.6. The number of hydrogen-bond acceptors (Lipinski definition) is 7. The van der Waals surface area contributed by atoms with Crippen LogP contribution in [0.1, 0.15) is 22.0 Å². The summed E-state index contributed by atoms with van der Waals surface area (Å²) in [5, 5.41) is 10.9. The number of benzene rings is 2. The summed E-state index contributed by atoms with van der Waals surface area (Å²) < 4.78 is 9.81. The van der Waals surface area contributed by atoms with Crippen LogP contribution in [0.5, 0.6) is 0 Å². The molecule has 24 heavy (non-hydrogen) atoms. The monoisotopic (exact) mass is 330 g/mol. The number of hydrogen-bond donors (Lipinski definition) is 1. The van der Waals surface area contributed by atoms with Gasteiger partial charge in [0.25, 0.3) is 5.69 Å². The molecule has 0 radical (unpaired) electrons. The van der Waals surface area contributed by atoms with Gasteiger partial charge in [0, 0.05) is 11.6 Å². The van der Waals surface area contributed by atoms with Crippen LogP contribution in [0.2, 0.25) is 0 Å². The highest BCUT2D eigenvalue weighted by Gasteiger charge is 2.27. The van der Waals surface area contributed by atoms with Crippen LogP contribution < -0.4 is 5.73 Å². The Bertz CT molecular complexity index is 775. The zero-order chi connectivity index (χ0) is 17.7. The van der Waals surface area contributed by atoms with Gasteiger partial charge in [0.05, 0.1) is 17.6 Å². The number of esters is 2. The second kappa shape index (κ2) is 7.23. The first-order chi connectivity index (χ1) is 11.4. The van der Waals surface area contributed by atoms with Crippen molar-refractivity contribution in [3.8, 4) is 0 Å². The van der Waals surface area contributed by atoms with Gasteiger partial charge in [0.2, 0.25) is 6.10 Å². The molecule has 0 aliphatic carbocycles. The van der Waals surface area contributed by atoms with Crippen molar-refractivity contribution in [1.29, 1.82) is 0 Å². The number of nitrogens with two attached hydrogens (primary N) is 1. The fourth-order valence-electron chi connectivity index (χ4n) is 1.99. The van der Waals surface area contributed by atoms with E-state index in [2.05, 4.69) is 4.74 Å². The van der Waals surface area contributed by atoms with E-state index in [0.717, 1.165) is 6.07 Å². The van der Waals surface area contributed by atoms with Crippen molar-refractivity contribution >= 4 is 23.3 Å². The average Bonchev–Trinajstić information content (AvgIpc) is 2.59. The number of methoxy groups -OCH3 is 1. The lowest BCUT2D eigenvalue weighted by atomic mass is 10.1. The highest BCUT2D eigenvalue weighted by Crippen LogP contribution is 2.25. The first-order valence-corrected chi connectivity index (χ1v) is 6.81. The molecule has 0 saturated heterocycles. The van der Waals surface area contributed by atoms with Gasteiger partial charge in [-0.05, 0) is 12.1 Å².